The Balaban J connectivity index is 2.46. The molecule has 0 aliphatic heterocycles. The van der Waals surface area contributed by atoms with Crippen molar-refractivity contribution in [2.45, 2.75) is 6.92 Å². The van der Waals surface area contributed by atoms with Crippen molar-refractivity contribution in [1.82, 2.24) is 4.98 Å². The van der Waals surface area contributed by atoms with Crippen LogP contribution in [0.1, 0.15) is 11.3 Å². The van der Waals surface area contributed by atoms with Crippen LogP contribution in [0, 0.1) is 18.3 Å². The smallest absolute Gasteiger partial charge is 0.142 e. The first-order valence-corrected chi connectivity index (χ1v) is 8.61. The maximum absolute atomic E-state index is 9.84. The van der Waals surface area contributed by atoms with Crippen LogP contribution in [0.4, 0.5) is 5.82 Å². The van der Waals surface area contributed by atoms with E-state index in [0.29, 0.717) is 34.1 Å². The summed E-state index contributed by atoms with van der Waals surface area (Å²) in [5, 5.41) is 9.84. The molecule has 3 rings (SSSR count). The van der Waals surface area contributed by atoms with Crippen molar-refractivity contribution < 1.29 is 14.2 Å². The molecule has 0 saturated heterocycles. The number of aryl methyl sites for hydroxylation is 1. The lowest BCUT2D eigenvalue weighted by atomic mass is 9.89. The van der Waals surface area contributed by atoms with Gasteiger partial charge in [-0.05, 0) is 30.7 Å². The minimum absolute atomic E-state index is 0.176. The summed E-state index contributed by atoms with van der Waals surface area (Å²) in [5.41, 5.74) is 10.1. The van der Waals surface area contributed by atoms with Gasteiger partial charge in [-0.1, -0.05) is 18.2 Å². The van der Waals surface area contributed by atoms with Gasteiger partial charge in [-0.15, -0.1) is 0 Å². The average molecular weight is 375 g/mol. The lowest BCUT2D eigenvalue weighted by Crippen LogP contribution is -2.04. The Morgan fingerprint density at radius 1 is 0.929 bits per heavy atom. The van der Waals surface area contributed by atoms with Gasteiger partial charge < -0.3 is 19.9 Å². The van der Waals surface area contributed by atoms with Crippen LogP contribution in [0.15, 0.2) is 42.5 Å². The van der Waals surface area contributed by atoms with Gasteiger partial charge in [0.05, 0.1) is 21.3 Å². The van der Waals surface area contributed by atoms with Crippen LogP contribution in [0.2, 0.25) is 0 Å². The van der Waals surface area contributed by atoms with Gasteiger partial charge in [-0.2, -0.15) is 5.26 Å². The predicted octanol–water partition coefficient (Wildman–Crippen LogP) is 4.20. The molecule has 0 aliphatic rings. The van der Waals surface area contributed by atoms with E-state index >= 15 is 0 Å². The lowest BCUT2D eigenvalue weighted by molar-refractivity contribution is 0.394. The van der Waals surface area contributed by atoms with Gasteiger partial charge in [0.2, 0.25) is 0 Å². The van der Waals surface area contributed by atoms with Crippen LogP contribution >= 0.6 is 0 Å². The van der Waals surface area contributed by atoms with E-state index in [1.54, 1.807) is 27.4 Å². The number of nitrogen functional groups attached to an aromatic ring is 1. The van der Waals surface area contributed by atoms with E-state index in [0.717, 1.165) is 16.7 Å². The first-order valence-electron chi connectivity index (χ1n) is 8.61. The van der Waals surface area contributed by atoms with Crippen molar-refractivity contribution in [3.05, 3.63) is 53.7 Å². The summed E-state index contributed by atoms with van der Waals surface area (Å²) >= 11 is 0. The molecule has 6 heteroatoms. The Morgan fingerprint density at radius 3 is 2.14 bits per heavy atom. The van der Waals surface area contributed by atoms with Gasteiger partial charge in [0, 0.05) is 28.5 Å². The van der Waals surface area contributed by atoms with Crippen LogP contribution in [0.3, 0.4) is 0 Å². The van der Waals surface area contributed by atoms with Crippen LogP contribution in [0.25, 0.3) is 22.3 Å². The third kappa shape index (κ3) is 3.30. The second-order valence-electron chi connectivity index (χ2n) is 6.12. The number of aromatic nitrogens is 1. The summed E-state index contributed by atoms with van der Waals surface area (Å²) < 4.78 is 16.4. The molecule has 2 aromatic carbocycles. The standard InChI is InChI=1S/C22H21N3O3/c1-13-20(17-7-5-6-8-19(17)28-4)21(18(12-23)22(24)25-13)14-9-15(26-2)11-16(10-14)27-3/h5-11H,1-4H3,(H2,24,25). The topological polar surface area (TPSA) is 90.4 Å². The highest BCUT2D eigenvalue weighted by atomic mass is 16.5. The largest absolute Gasteiger partial charge is 0.497 e. The number of methoxy groups -OCH3 is 3. The summed E-state index contributed by atoms with van der Waals surface area (Å²) in [7, 11) is 4.77. The molecule has 0 radical (unpaired) electrons. The molecule has 0 saturated carbocycles. The summed E-state index contributed by atoms with van der Waals surface area (Å²) in [6, 6.07) is 15.3. The number of hydrogen-bond donors (Lipinski definition) is 1. The molecule has 0 aliphatic carbocycles. The summed E-state index contributed by atoms with van der Waals surface area (Å²) in [4.78, 5) is 4.40. The third-order valence-corrected chi connectivity index (χ3v) is 4.53. The number of hydrogen-bond acceptors (Lipinski definition) is 6. The predicted molar refractivity (Wildman–Crippen MR) is 109 cm³/mol. The zero-order valence-electron chi connectivity index (χ0n) is 16.2. The molecule has 28 heavy (non-hydrogen) atoms. The number of nitrogens with two attached hydrogens (primary N) is 1. The molecule has 1 heterocycles. The Kier molecular flexibility index (Phi) is 5.37. The second kappa shape index (κ2) is 7.89. The second-order valence-corrected chi connectivity index (χ2v) is 6.12. The number of pyridine rings is 1. The highest BCUT2D eigenvalue weighted by Crippen LogP contribution is 2.43. The average Bonchev–Trinajstić information content (AvgIpc) is 2.72. The van der Waals surface area contributed by atoms with Crippen molar-refractivity contribution in [1.29, 1.82) is 5.26 Å². The van der Waals surface area contributed by atoms with Crippen LogP contribution in [0.5, 0.6) is 17.2 Å². The Morgan fingerprint density at radius 2 is 1.57 bits per heavy atom. The molecule has 142 valence electrons. The van der Waals surface area contributed by atoms with Crippen LogP contribution in [-0.2, 0) is 0 Å². The molecule has 6 nitrogen and oxygen atoms in total. The molecule has 2 N–H and O–H groups in total. The van der Waals surface area contributed by atoms with Crippen molar-refractivity contribution >= 4 is 5.82 Å². The Bertz CT molecular complexity index is 1050. The molecule has 1 aromatic heterocycles. The minimum Gasteiger partial charge on any atom is -0.497 e. The van der Waals surface area contributed by atoms with E-state index in [9.17, 15) is 5.26 Å². The van der Waals surface area contributed by atoms with E-state index in [1.165, 1.54) is 0 Å². The van der Waals surface area contributed by atoms with Crippen molar-refractivity contribution in [2.75, 3.05) is 27.1 Å². The Labute approximate surface area is 164 Å². The molecule has 0 atom stereocenters. The van der Waals surface area contributed by atoms with Crippen LogP contribution < -0.4 is 19.9 Å². The highest BCUT2D eigenvalue weighted by Gasteiger charge is 2.22. The van der Waals surface area contributed by atoms with Gasteiger partial charge >= 0.3 is 0 Å². The third-order valence-electron chi connectivity index (χ3n) is 4.53. The number of benzene rings is 2. The fourth-order valence-corrected chi connectivity index (χ4v) is 3.26. The number of nitriles is 1. The zero-order chi connectivity index (χ0) is 20.3. The first-order chi connectivity index (χ1) is 13.5. The van der Waals surface area contributed by atoms with Gasteiger partial charge in [0.1, 0.15) is 34.7 Å². The van der Waals surface area contributed by atoms with Crippen molar-refractivity contribution in [2.24, 2.45) is 0 Å². The zero-order valence-corrected chi connectivity index (χ0v) is 16.2. The van der Waals surface area contributed by atoms with Gasteiger partial charge in [-0.25, -0.2) is 4.98 Å². The molecule has 0 amide bonds. The number of rotatable bonds is 5. The first kappa shape index (κ1) is 19.1. The molecular weight excluding hydrogens is 354 g/mol. The number of para-hydroxylation sites is 1. The van der Waals surface area contributed by atoms with Crippen molar-refractivity contribution in [3.63, 3.8) is 0 Å². The fourth-order valence-electron chi connectivity index (χ4n) is 3.26. The maximum atomic E-state index is 9.84. The summed E-state index contributed by atoms with van der Waals surface area (Å²) in [6.07, 6.45) is 0. The maximum Gasteiger partial charge on any atom is 0.142 e. The normalized spacial score (nSPS) is 10.2. The number of nitrogens with zero attached hydrogens (tertiary/aromatic N) is 2. The summed E-state index contributed by atoms with van der Waals surface area (Å²) in [5.74, 6) is 2.07. The van der Waals surface area contributed by atoms with Crippen molar-refractivity contribution in [3.8, 4) is 45.6 Å². The minimum atomic E-state index is 0.176. The van der Waals surface area contributed by atoms with E-state index in [4.69, 9.17) is 19.9 Å². The van der Waals surface area contributed by atoms with Gasteiger partial charge in [0.15, 0.2) is 0 Å². The molecular formula is C22H21N3O3. The molecule has 0 bridgehead atoms. The number of ether oxygens (including phenoxy) is 3. The Hall–Kier alpha value is -3.72. The van der Waals surface area contributed by atoms with Crippen LogP contribution in [-0.4, -0.2) is 26.3 Å². The fraction of sp³-hybridized carbons (Fsp3) is 0.182. The molecule has 0 spiro atoms. The number of anilines is 1. The molecule has 0 unspecified atom stereocenters. The SMILES string of the molecule is COc1cc(OC)cc(-c2c(C#N)c(N)nc(C)c2-c2ccccc2OC)c1. The molecule has 0 fully saturated rings. The lowest BCUT2D eigenvalue weighted by Gasteiger charge is -2.19. The van der Waals surface area contributed by atoms with Gasteiger partial charge in [0.25, 0.3) is 0 Å². The monoisotopic (exact) mass is 375 g/mol. The van der Waals surface area contributed by atoms with Gasteiger partial charge in [-0.3, -0.25) is 0 Å². The quantitative estimate of drug-likeness (QED) is 0.719. The van der Waals surface area contributed by atoms with E-state index in [1.807, 2.05) is 43.3 Å². The summed E-state index contributed by atoms with van der Waals surface area (Å²) in [6.45, 7) is 1.86. The van der Waals surface area contributed by atoms with E-state index in [-0.39, 0.29) is 5.82 Å². The van der Waals surface area contributed by atoms with E-state index < -0.39 is 0 Å². The van der Waals surface area contributed by atoms with E-state index in [2.05, 4.69) is 11.1 Å². The highest BCUT2D eigenvalue weighted by molar-refractivity contribution is 5.93. The molecule has 3 aromatic rings.